The van der Waals surface area contributed by atoms with Crippen LogP contribution < -0.4 is 4.31 Å². The van der Waals surface area contributed by atoms with Gasteiger partial charge >= 0.3 is 10.2 Å². The third-order valence-electron chi connectivity index (χ3n) is 2.21. The van der Waals surface area contributed by atoms with Gasteiger partial charge in [0.05, 0.1) is 18.4 Å². The molecule has 0 N–H and O–H groups in total. The molecular formula is C9H10N2O3S. The molecule has 0 aromatic heterocycles. The summed E-state index contributed by atoms with van der Waals surface area (Å²) in [6, 6.07) is 7.05. The van der Waals surface area contributed by atoms with E-state index in [9.17, 15) is 8.42 Å². The van der Waals surface area contributed by atoms with Gasteiger partial charge in [0.2, 0.25) is 5.90 Å². The summed E-state index contributed by atoms with van der Waals surface area (Å²) < 4.78 is 32.8. The Labute approximate surface area is 88.2 Å². The fraction of sp³-hybridized carbons (Fsp3) is 0.222. The molecule has 80 valence electrons. The van der Waals surface area contributed by atoms with Crippen molar-refractivity contribution in [3.63, 3.8) is 0 Å². The van der Waals surface area contributed by atoms with Crippen LogP contribution in [0.25, 0.3) is 0 Å². The van der Waals surface area contributed by atoms with Crippen LogP contribution in [0.15, 0.2) is 28.7 Å². The number of ether oxygens (including phenoxy) is 1. The Balaban J connectivity index is 2.72. The number of nitrogens with zero attached hydrogens (tertiary/aromatic N) is 2. The van der Waals surface area contributed by atoms with E-state index in [-0.39, 0.29) is 5.90 Å². The zero-order valence-corrected chi connectivity index (χ0v) is 9.15. The number of para-hydroxylation sites is 1. The SMILES string of the molecule is COC1=NS(=O)(=O)N(C)c2ccccc21. The van der Waals surface area contributed by atoms with Gasteiger partial charge < -0.3 is 4.74 Å². The van der Waals surface area contributed by atoms with Gasteiger partial charge in [-0.2, -0.15) is 8.42 Å². The highest BCUT2D eigenvalue weighted by molar-refractivity contribution is 7.91. The first-order valence-electron chi connectivity index (χ1n) is 4.28. The van der Waals surface area contributed by atoms with E-state index >= 15 is 0 Å². The number of anilines is 1. The van der Waals surface area contributed by atoms with Crippen LogP contribution in [0.1, 0.15) is 5.56 Å². The van der Waals surface area contributed by atoms with Crippen molar-refractivity contribution in [1.29, 1.82) is 0 Å². The molecule has 0 atom stereocenters. The van der Waals surface area contributed by atoms with E-state index < -0.39 is 10.2 Å². The van der Waals surface area contributed by atoms with Crippen molar-refractivity contribution in [2.75, 3.05) is 18.5 Å². The highest BCUT2D eigenvalue weighted by Gasteiger charge is 2.28. The number of benzene rings is 1. The van der Waals surface area contributed by atoms with Gasteiger partial charge in [0.15, 0.2) is 0 Å². The molecule has 1 aliphatic heterocycles. The van der Waals surface area contributed by atoms with E-state index in [2.05, 4.69) is 4.40 Å². The number of fused-ring (bicyclic) bond motifs is 1. The highest BCUT2D eigenvalue weighted by atomic mass is 32.2. The lowest BCUT2D eigenvalue weighted by molar-refractivity contribution is 0.405. The maximum atomic E-state index is 11.6. The molecule has 1 aliphatic rings. The fourth-order valence-corrected chi connectivity index (χ4v) is 2.33. The van der Waals surface area contributed by atoms with Gasteiger partial charge in [-0.15, -0.1) is 4.40 Å². The lowest BCUT2D eigenvalue weighted by Crippen LogP contribution is -2.31. The van der Waals surface area contributed by atoms with Crippen molar-refractivity contribution >= 4 is 21.8 Å². The van der Waals surface area contributed by atoms with Gasteiger partial charge in [0.25, 0.3) is 0 Å². The first kappa shape index (κ1) is 9.97. The van der Waals surface area contributed by atoms with Crippen LogP contribution in [-0.2, 0) is 14.9 Å². The summed E-state index contributed by atoms with van der Waals surface area (Å²) in [6.07, 6.45) is 0. The van der Waals surface area contributed by atoms with Crippen molar-refractivity contribution in [2.24, 2.45) is 4.40 Å². The van der Waals surface area contributed by atoms with Gasteiger partial charge in [-0.25, -0.2) is 0 Å². The molecule has 0 spiro atoms. The Kier molecular flexibility index (Phi) is 2.15. The summed E-state index contributed by atoms with van der Waals surface area (Å²) in [5.74, 6) is 0.128. The molecule has 0 amide bonds. The topological polar surface area (TPSA) is 59.0 Å². The average molecular weight is 226 g/mol. The van der Waals surface area contributed by atoms with E-state index in [1.165, 1.54) is 14.2 Å². The van der Waals surface area contributed by atoms with Crippen LogP contribution in [0.2, 0.25) is 0 Å². The normalized spacial score (nSPS) is 18.0. The van der Waals surface area contributed by atoms with Crippen LogP contribution in [0, 0.1) is 0 Å². The maximum absolute atomic E-state index is 11.6. The quantitative estimate of drug-likeness (QED) is 0.656. The molecule has 1 heterocycles. The first-order chi connectivity index (χ1) is 7.06. The van der Waals surface area contributed by atoms with E-state index in [0.717, 1.165) is 4.31 Å². The standard InChI is InChI=1S/C9H10N2O3S/c1-11-8-6-4-3-5-7(8)9(14-2)10-15(11,12)13/h3-6H,1-2H3. The summed E-state index contributed by atoms with van der Waals surface area (Å²) >= 11 is 0. The van der Waals surface area contributed by atoms with Gasteiger partial charge in [-0.3, -0.25) is 4.31 Å². The lowest BCUT2D eigenvalue weighted by Gasteiger charge is -2.24. The zero-order valence-electron chi connectivity index (χ0n) is 8.34. The Morgan fingerprint density at radius 2 is 2.00 bits per heavy atom. The summed E-state index contributed by atoms with van der Waals surface area (Å²) in [6.45, 7) is 0. The van der Waals surface area contributed by atoms with E-state index in [1.807, 2.05) is 0 Å². The molecule has 15 heavy (non-hydrogen) atoms. The smallest absolute Gasteiger partial charge is 0.347 e. The number of hydrogen-bond donors (Lipinski definition) is 0. The van der Waals surface area contributed by atoms with Crippen LogP contribution in [-0.4, -0.2) is 28.5 Å². The lowest BCUT2D eigenvalue weighted by atomic mass is 10.2. The van der Waals surface area contributed by atoms with Gasteiger partial charge in [0, 0.05) is 7.05 Å². The summed E-state index contributed by atoms with van der Waals surface area (Å²) in [5.41, 5.74) is 1.25. The zero-order chi connectivity index (χ0) is 11.1. The van der Waals surface area contributed by atoms with E-state index in [1.54, 1.807) is 24.3 Å². The molecule has 5 nitrogen and oxygen atoms in total. The molecule has 0 radical (unpaired) electrons. The number of methoxy groups -OCH3 is 1. The minimum Gasteiger partial charge on any atom is -0.480 e. The van der Waals surface area contributed by atoms with Crippen LogP contribution in [0.4, 0.5) is 5.69 Å². The van der Waals surface area contributed by atoms with Gasteiger partial charge in [0.1, 0.15) is 0 Å². The highest BCUT2D eigenvalue weighted by Crippen LogP contribution is 2.27. The molecule has 2 rings (SSSR count). The monoisotopic (exact) mass is 226 g/mol. The Morgan fingerprint density at radius 1 is 1.33 bits per heavy atom. The number of rotatable bonds is 0. The van der Waals surface area contributed by atoms with Crippen molar-refractivity contribution in [3.8, 4) is 0 Å². The molecular weight excluding hydrogens is 216 g/mol. The van der Waals surface area contributed by atoms with Crippen molar-refractivity contribution in [2.45, 2.75) is 0 Å². The Bertz CT molecular complexity index is 522. The average Bonchev–Trinajstić information content (AvgIpc) is 2.24. The minimum absolute atomic E-state index is 0.128. The van der Waals surface area contributed by atoms with Gasteiger partial charge in [-0.05, 0) is 12.1 Å². The maximum Gasteiger partial charge on any atom is 0.347 e. The van der Waals surface area contributed by atoms with Crippen LogP contribution in [0.5, 0.6) is 0 Å². The molecule has 0 fully saturated rings. The second-order valence-electron chi connectivity index (χ2n) is 3.06. The second kappa shape index (κ2) is 3.23. The molecule has 0 saturated carbocycles. The third kappa shape index (κ3) is 1.46. The first-order valence-corrected chi connectivity index (χ1v) is 5.68. The second-order valence-corrected chi connectivity index (χ2v) is 4.69. The van der Waals surface area contributed by atoms with Crippen LogP contribution >= 0.6 is 0 Å². The Hall–Kier alpha value is -1.56. The third-order valence-corrected chi connectivity index (χ3v) is 3.50. The summed E-state index contributed by atoms with van der Waals surface area (Å²) in [5, 5.41) is 0. The molecule has 0 bridgehead atoms. The fourth-order valence-electron chi connectivity index (χ4n) is 1.42. The molecule has 6 heteroatoms. The predicted molar refractivity (Wildman–Crippen MR) is 57.3 cm³/mol. The molecule has 1 aromatic rings. The molecule has 1 aromatic carbocycles. The van der Waals surface area contributed by atoms with Gasteiger partial charge in [-0.1, -0.05) is 12.1 Å². The summed E-state index contributed by atoms with van der Waals surface area (Å²) in [4.78, 5) is 0. The largest absolute Gasteiger partial charge is 0.480 e. The van der Waals surface area contributed by atoms with E-state index in [0.29, 0.717) is 11.3 Å². The predicted octanol–water partition coefficient (Wildman–Crippen LogP) is 0.774. The van der Waals surface area contributed by atoms with Crippen molar-refractivity contribution in [3.05, 3.63) is 29.8 Å². The van der Waals surface area contributed by atoms with E-state index in [4.69, 9.17) is 4.74 Å². The number of hydrogen-bond acceptors (Lipinski definition) is 3. The molecule has 0 saturated heterocycles. The minimum atomic E-state index is -3.64. The van der Waals surface area contributed by atoms with Crippen molar-refractivity contribution in [1.82, 2.24) is 0 Å². The van der Waals surface area contributed by atoms with Crippen molar-refractivity contribution < 1.29 is 13.2 Å². The summed E-state index contributed by atoms with van der Waals surface area (Å²) in [7, 11) is -0.778. The Morgan fingerprint density at radius 3 is 2.67 bits per heavy atom. The van der Waals surface area contributed by atoms with Crippen LogP contribution in [0.3, 0.4) is 0 Å². The molecule has 0 unspecified atom stereocenters. The molecule has 0 aliphatic carbocycles.